The van der Waals surface area contributed by atoms with Gasteiger partial charge in [0.15, 0.2) is 0 Å². The molecule has 0 fully saturated rings. The molecule has 0 saturated carbocycles. The van der Waals surface area contributed by atoms with Gasteiger partial charge in [-0.25, -0.2) is 0 Å². The van der Waals surface area contributed by atoms with Crippen LogP contribution in [-0.4, -0.2) is 23.9 Å². The van der Waals surface area contributed by atoms with Crippen LogP contribution >= 0.6 is 0 Å². The van der Waals surface area contributed by atoms with Crippen LogP contribution in [0.2, 0.25) is 0 Å². The lowest BCUT2D eigenvalue weighted by Crippen LogP contribution is -2.14. The summed E-state index contributed by atoms with van der Waals surface area (Å²) in [7, 11) is 1.49. The summed E-state index contributed by atoms with van der Waals surface area (Å²) in [5, 5.41) is 5.62. The number of ether oxygens (including phenoxy) is 2. The minimum Gasteiger partial charge on any atom is -0.494 e. The molecule has 7 nitrogen and oxygen atoms in total. The Kier molecular flexibility index (Phi) is 6.61. The Hall–Kier alpha value is -4.65. The summed E-state index contributed by atoms with van der Waals surface area (Å²) < 4.78 is 11.1. The summed E-state index contributed by atoms with van der Waals surface area (Å²) >= 11 is 0. The average Bonchev–Trinajstić information content (AvgIpc) is 2.86. The summed E-state index contributed by atoms with van der Waals surface area (Å²) in [5.41, 5.74) is 1.91. The number of hydrogen-bond acceptors (Lipinski definition) is 5. The zero-order chi connectivity index (χ0) is 23.0. The highest BCUT2D eigenvalue weighted by atomic mass is 16.5. The van der Waals surface area contributed by atoms with Gasteiger partial charge in [-0.1, -0.05) is 18.2 Å². The SMILES string of the molecule is COc1cc(NC(=O)c2ccc(Oc3ccccc3)cc2)ccc1NC(=O)c1cccnc1. The molecule has 4 rings (SSSR count). The maximum Gasteiger partial charge on any atom is 0.257 e. The van der Waals surface area contributed by atoms with E-state index in [4.69, 9.17) is 9.47 Å². The number of benzene rings is 3. The second-order valence-electron chi connectivity index (χ2n) is 7.00. The molecule has 0 atom stereocenters. The van der Waals surface area contributed by atoms with Gasteiger partial charge in [-0.2, -0.15) is 0 Å². The molecule has 0 bridgehead atoms. The number of nitrogens with zero attached hydrogens (tertiary/aromatic N) is 1. The number of rotatable bonds is 7. The van der Waals surface area contributed by atoms with Crippen LogP contribution in [0, 0.1) is 0 Å². The third-order valence-electron chi connectivity index (χ3n) is 4.73. The van der Waals surface area contributed by atoms with Gasteiger partial charge < -0.3 is 20.1 Å². The molecule has 0 spiro atoms. The van der Waals surface area contributed by atoms with E-state index >= 15 is 0 Å². The molecule has 1 aromatic heterocycles. The van der Waals surface area contributed by atoms with Crippen LogP contribution in [0.5, 0.6) is 17.2 Å². The van der Waals surface area contributed by atoms with E-state index in [0.717, 1.165) is 5.75 Å². The van der Waals surface area contributed by atoms with Crippen LogP contribution < -0.4 is 20.1 Å². The monoisotopic (exact) mass is 439 g/mol. The van der Waals surface area contributed by atoms with Crippen molar-refractivity contribution in [3.63, 3.8) is 0 Å². The molecular formula is C26H21N3O4. The first-order valence-electron chi connectivity index (χ1n) is 10.2. The summed E-state index contributed by atoms with van der Waals surface area (Å²) in [6.07, 6.45) is 3.07. The van der Waals surface area contributed by atoms with E-state index in [0.29, 0.717) is 34.0 Å². The van der Waals surface area contributed by atoms with E-state index in [1.54, 1.807) is 60.8 Å². The topological polar surface area (TPSA) is 89.5 Å². The number of aromatic nitrogens is 1. The molecule has 0 aliphatic heterocycles. The molecule has 3 aromatic carbocycles. The Labute approximate surface area is 191 Å². The van der Waals surface area contributed by atoms with Gasteiger partial charge in [0.05, 0.1) is 18.4 Å². The van der Waals surface area contributed by atoms with Gasteiger partial charge in [0.2, 0.25) is 0 Å². The van der Waals surface area contributed by atoms with Crippen molar-refractivity contribution in [1.82, 2.24) is 4.98 Å². The maximum atomic E-state index is 12.7. The van der Waals surface area contributed by atoms with E-state index in [9.17, 15) is 9.59 Å². The average molecular weight is 439 g/mol. The fraction of sp³-hybridized carbons (Fsp3) is 0.0385. The van der Waals surface area contributed by atoms with Gasteiger partial charge in [-0.3, -0.25) is 14.6 Å². The fourth-order valence-electron chi connectivity index (χ4n) is 3.07. The van der Waals surface area contributed by atoms with E-state index in [-0.39, 0.29) is 11.8 Å². The third-order valence-corrected chi connectivity index (χ3v) is 4.73. The number of pyridine rings is 1. The standard InChI is InChI=1S/C26H21N3O4/c1-32-24-16-20(11-14-23(24)29-26(31)19-6-5-15-27-17-19)28-25(30)18-9-12-22(13-10-18)33-21-7-3-2-4-8-21/h2-17H,1H3,(H,28,30)(H,29,31). The summed E-state index contributed by atoms with van der Waals surface area (Å²) in [6, 6.07) is 24.6. The van der Waals surface area contributed by atoms with Crippen LogP contribution in [0.25, 0.3) is 0 Å². The van der Waals surface area contributed by atoms with Crippen LogP contribution in [0.4, 0.5) is 11.4 Å². The number of anilines is 2. The van der Waals surface area contributed by atoms with Gasteiger partial charge in [0, 0.05) is 29.7 Å². The Morgan fingerprint density at radius 1 is 0.758 bits per heavy atom. The lowest BCUT2D eigenvalue weighted by atomic mass is 10.2. The van der Waals surface area contributed by atoms with Crippen LogP contribution in [0.15, 0.2) is 97.3 Å². The highest BCUT2D eigenvalue weighted by molar-refractivity contribution is 6.06. The molecule has 0 saturated heterocycles. The van der Waals surface area contributed by atoms with Crippen molar-refractivity contribution in [2.24, 2.45) is 0 Å². The molecule has 0 aliphatic rings. The number of carbonyl (C=O) groups is 2. The van der Waals surface area contributed by atoms with Gasteiger partial charge in [0.1, 0.15) is 17.2 Å². The van der Waals surface area contributed by atoms with E-state index in [1.807, 2.05) is 30.3 Å². The lowest BCUT2D eigenvalue weighted by molar-refractivity contribution is 0.101. The summed E-state index contributed by atoms with van der Waals surface area (Å²) in [4.78, 5) is 29.0. The first kappa shape index (κ1) is 21.6. The van der Waals surface area contributed by atoms with Gasteiger partial charge in [0.25, 0.3) is 11.8 Å². The highest BCUT2D eigenvalue weighted by Gasteiger charge is 2.12. The molecule has 164 valence electrons. The Balaban J connectivity index is 1.42. The number of carbonyl (C=O) groups excluding carboxylic acids is 2. The van der Waals surface area contributed by atoms with Crippen molar-refractivity contribution in [2.75, 3.05) is 17.7 Å². The number of hydrogen-bond donors (Lipinski definition) is 2. The predicted octanol–water partition coefficient (Wildman–Crippen LogP) is 5.39. The Morgan fingerprint density at radius 2 is 1.48 bits per heavy atom. The van der Waals surface area contributed by atoms with Gasteiger partial charge in [-0.05, 0) is 60.7 Å². The molecule has 7 heteroatoms. The molecule has 2 N–H and O–H groups in total. The minimum absolute atomic E-state index is 0.282. The molecule has 0 aliphatic carbocycles. The molecule has 1 heterocycles. The van der Waals surface area contributed by atoms with Crippen molar-refractivity contribution in [3.8, 4) is 17.2 Å². The molecule has 2 amide bonds. The van der Waals surface area contributed by atoms with Crippen LogP contribution in [0.1, 0.15) is 20.7 Å². The number of amides is 2. The second kappa shape index (κ2) is 10.1. The minimum atomic E-state index is -0.309. The predicted molar refractivity (Wildman–Crippen MR) is 126 cm³/mol. The van der Waals surface area contributed by atoms with Crippen molar-refractivity contribution in [2.45, 2.75) is 0 Å². The third kappa shape index (κ3) is 5.54. The fourth-order valence-corrected chi connectivity index (χ4v) is 3.07. The lowest BCUT2D eigenvalue weighted by Gasteiger charge is -2.13. The van der Waals surface area contributed by atoms with E-state index in [2.05, 4.69) is 15.6 Å². The summed E-state index contributed by atoms with van der Waals surface area (Å²) in [6.45, 7) is 0. The maximum absolute atomic E-state index is 12.7. The molecule has 0 unspecified atom stereocenters. The molecule has 0 radical (unpaired) electrons. The van der Waals surface area contributed by atoms with Crippen molar-refractivity contribution in [3.05, 3.63) is 108 Å². The van der Waals surface area contributed by atoms with Crippen molar-refractivity contribution < 1.29 is 19.1 Å². The highest BCUT2D eigenvalue weighted by Crippen LogP contribution is 2.29. The first-order valence-corrected chi connectivity index (χ1v) is 10.2. The zero-order valence-electron chi connectivity index (χ0n) is 17.8. The van der Waals surface area contributed by atoms with E-state index < -0.39 is 0 Å². The largest absolute Gasteiger partial charge is 0.494 e. The van der Waals surface area contributed by atoms with Crippen molar-refractivity contribution >= 4 is 23.2 Å². The van der Waals surface area contributed by atoms with Crippen LogP contribution in [0.3, 0.4) is 0 Å². The number of methoxy groups -OCH3 is 1. The first-order chi connectivity index (χ1) is 16.1. The molecular weight excluding hydrogens is 418 g/mol. The zero-order valence-corrected chi connectivity index (χ0v) is 17.8. The molecule has 33 heavy (non-hydrogen) atoms. The Morgan fingerprint density at radius 3 is 2.18 bits per heavy atom. The van der Waals surface area contributed by atoms with Crippen molar-refractivity contribution in [1.29, 1.82) is 0 Å². The van der Waals surface area contributed by atoms with Crippen LogP contribution in [-0.2, 0) is 0 Å². The quantitative estimate of drug-likeness (QED) is 0.403. The number of nitrogens with one attached hydrogen (secondary N) is 2. The molecule has 4 aromatic rings. The summed E-state index contributed by atoms with van der Waals surface area (Å²) in [5.74, 6) is 1.17. The second-order valence-corrected chi connectivity index (χ2v) is 7.00. The van der Waals surface area contributed by atoms with Gasteiger partial charge >= 0.3 is 0 Å². The number of para-hydroxylation sites is 1. The smallest absolute Gasteiger partial charge is 0.257 e. The van der Waals surface area contributed by atoms with Gasteiger partial charge in [-0.15, -0.1) is 0 Å². The normalized spacial score (nSPS) is 10.2. The Bertz CT molecular complexity index is 1240. The van der Waals surface area contributed by atoms with E-state index in [1.165, 1.54) is 13.3 Å².